The third-order valence-electron chi connectivity index (χ3n) is 4.24. The molecule has 1 fully saturated rings. The van der Waals surface area contributed by atoms with Gasteiger partial charge in [0.05, 0.1) is 0 Å². The van der Waals surface area contributed by atoms with Crippen LogP contribution in [0.25, 0.3) is 0 Å². The zero-order chi connectivity index (χ0) is 12.9. The minimum Gasteiger partial charge on any atom is -0.512 e. The number of hydrogen-bond donors (Lipinski definition) is 1. The first kappa shape index (κ1) is 14.3. The van der Waals surface area contributed by atoms with Gasteiger partial charge < -0.3 is 5.11 Å². The van der Waals surface area contributed by atoms with E-state index in [9.17, 15) is 9.90 Å². The topological polar surface area (TPSA) is 37.3 Å². The molecule has 0 amide bonds. The van der Waals surface area contributed by atoms with Gasteiger partial charge in [-0.25, -0.2) is 0 Å². The van der Waals surface area contributed by atoms with Gasteiger partial charge in [-0.05, 0) is 25.7 Å². The van der Waals surface area contributed by atoms with Crippen molar-refractivity contribution in [1.82, 2.24) is 0 Å². The van der Waals surface area contributed by atoms with E-state index in [1.807, 2.05) is 13.8 Å². The summed E-state index contributed by atoms with van der Waals surface area (Å²) in [5.74, 6) is 0.484. The van der Waals surface area contributed by atoms with Gasteiger partial charge in [0.1, 0.15) is 5.76 Å². The highest BCUT2D eigenvalue weighted by molar-refractivity contribution is 5.92. The van der Waals surface area contributed by atoms with Crippen molar-refractivity contribution in [1.29, 1.82) is 0 Å². The van der Waals surface area contributed by atoms with Crippen LogP contribution >= 0.6 is 0 Å². The molecule has 0 saturated heterocycles. The molecule has 0 spiro atoms. The van der Waals surface area contributed by atoms with Crippen LogP contribution in [0, 0.1) is 11.3 Å². The molecule has 0 radical (unpaired) electrons. The standard InChI is InChI=1S/C15H26O2/c1-4-12(5-2)13(16)11-14(17)15(3)9-7-6-8-10-15/h11-12,17H,4-10H2,1-3H3. The van der Waals surface area contributed by atoms with E-state index in [-0.39, 0.29) is 17.1 Å². The second-order valence-corrected chi connectivity index (χ2v) is 5.57. The molecule has 2 nitrogen and oxygen atoms in total. The fourth-order valence-electron chi connectivity index (χ4n) is 2.71. The lowest BCUT2D eigenvalue weighted by Crippen LogP contribution is -2.24. The van der Waals surface area contributed by atoms with Crippen LogP contribution in [-0.4, -0.2) is 10.9 Å². The van der Waals surface area contributed by atoms with Gasteiger partial charge >= 0.3 is 0 Å². The third kappa shape index (κ3) is 3.58. The van der Waals surface area contributed by atoms with Gasteiger partial charge in [-0.3, -0.25) is 4.79 Å². The Balaban J connectivity index is 2.73. The average molecular weight is 238 g/mol. The van der Waals surface area contributed by atoms with Gasteiger partial charge in [0.15, 0.2) is 5.78 Å². The first-order valence-corrected chi connectivity index (χ1v) is 6.98. The van der Waals surface area contributed by atoms with Crippen molar-refractivity contribution < 1.29 is 9.90 Å². The Hall–Kier alpha value is -0.790. The van der Waals surface area contributed by atoms with E-state index in [2.05, 4.69) is 6.92 Å². The fraction of sp³-hybridized carbons (Fsp3) is 0.800. The minimum absolute atomic E-state index is 0.0735. The molecule has 1 N–H and O–H groups in total. The summed E-state index contributed by atoms with van der Waals surface area (Å²) in [6.45, 7) is 6.14. The summed E-state index contributed by atoms with van der Waals surface area (Å²) in [6.07, 6.45) is 8.80. The van der Waals surface area contributed by atoms with Crippen molar-refractivity contribution in [2.75, 3.05) is 0 Å². The molecule has 0 aromatic rings. The smallest absolute Gasteiger partial charge is 0.162 e. The Morgan fingerprint density at radius 2 is 1.76 bits per heavy atom. The molecule has 0 bridgehead atoms. The second-order valence-electron chi connectivity index (χ2n) is 5.57. The summed E-state index contributed by atoms with van der Waals surface area (Å²) in [5, 5.41) is 10.2. The van der Waals surface area contributed by atoms with E-state index in [1.54, 1.807) is 0 Å². The van der Waals surface area contributed by atoms with Crippen molar-refractivity contribution in [2.24, 2.45) is 11.3 Å². The highest BCUT2D eigenvalue weighted by Crippen LogP contribution is 2.40. The molecule has 98 valence electrons. The molecule has 0 heterocycles. The molecule has 1 aliphatic carbocycles. The van der Waals surface area contributed by atoms with Crippen molar-refractivity contribution in [3.63, 3.8) is 0 Å². The predicted molar refractivity (Wildman–Crippen MR) is 71.0 cm³/mol. The number of carbonyl (C=O) groups is 1. The number of ketones is 1. The van der Waals surface area contributed by atoms with Crippen molar-refractivity contribution in [3.8, 4) is 0 Å². The molecule has 1 saturated carbocycles. The van der Waals surface area contributed by atoms with Crippen LogP contribution in [0.3, 0.4) is 0 Å². The molecule has 2 heteroatoms. The Morgan fingerprint density at radius 1 is 1.24 bits per heavy atom. The lowest BCUT2D eigenvalue weighted by molar-refractivity contribution is -0.118. The lowest BCUT2D eigenvalue weighted by atomic mass is 9.74. The molecular formula is C15H26O2. The molecule has 0 aromatic carbocycles. The van der Waals surface area contributed by atoms with E-state index >= 15 is 0 Å². The van der Waals surface area contributed by atoms with Crippen LogP contribution in [0.5, 0.6) is 0 Å². The maximum absolute atomic E-state index is 12.0. The Bertz CT molecular complexity index is 281. The van der Waals surface area contributed by atoms with Crippen LogP contribution < -0.4 is 0 Å². The number of rotatable bonds is 5. The molecule has 1 aliphatic rings. The highest BCUT2D eigenvalue weighted by Gasteiger charge is 2.31. The number of hydrogen-bond acceptors (Lipinski definition) is 2. The van der Waals surface area contributed by atoms with Crippen molar-refractivity contribution in [3.05, 3.63) is 11.8 Å². The van der Waals surface area contributed by atoms with E-state index in [0.717, 1.165) is 38.5 Å². The van der Waals surface area contributed by atoms with Gasteiger partial charge in [-0.15, -0.1) is 0 Å². The number of aliphatic hydroxyl groups is 1. The quantitative estimate of drug-likeness (QED) is 0.569. The number of aliphatic hydroxyl groups excluding tert-OH is 1. The average Bonchev–Trinajstić information content (AvgIpc) is 2.31. The van der Waals surface area contributed by atoms with Gasteiger partial charge in [0.25, 0.3) is 0 Å². The van der Waals surface area contributed by atoms with Crippen molar-refractivity contribution >= 4 is 5.78 Å². The monoisotopic (exact) mass is 238 g/mol. The lowest BCUT2D eigenvalue weighted by Gasteiger charge is -2.32. The van der Waals surface area contributed by atoms with Crippen LogP contribution in [0.1, 0.15) is 65.7 Å². The fourth-order valence-corrected chi connectivity index (χ4v) is 2.71. The summed E-state index contributed by atoms with van der Waals surface area (Å²) >= 11 is 0. The van der Waals surface area contributed by atoms with Gasteiger partial charge in [0.2, 0.25) is 0 Å². The van der Waals surface area contributed by atoms with Crippen LogP contribution in [-0.2, 0) is 4.79 Å². The summed E-state index contributed by atoms with van der Waals surface area (Å²) in [6, 6.07) is 0. The summed E-state index contributed by atoms with van der Waals surface area (Å²) < 4.78 is 0. The SMILES string of the molecule is CCC(CC)C(=O)C=C(O)C1(C)CCCCC1. The zero-order valence-electron chi connectivity index (χ0n) is 11.5. The third-order valence-corrected chi connectivity index (χ3v) is 4.24. The summed E-state index contributed by atoms with van der Waals surface area (Å²) in [4.78, 5) is 12.0. The zero-order valence-corrected chi connectivity index (χ0v) is 11.5. The molecule has 0 aromatic heterocycles. The van der Waals surface area contributed by atoms with E-state index in [4.69, 9.17) is 0 Å². The second kappa shape index (κ2) is 6.23. The van der Waals surface area contributed by atoms with E-state index in [0.29, 0.717) is 5.76 Å². The maximum atomic E-state index is 12.0. The molecule has 1 rings (SSSR count). The Kier molecular flexibility index (Phi) is 5.23. The highest BCUT2D eigenvalue weighted by atomic mass is 16.3. The van der Waals surface area contributed by atoms with E-state index in [1.165, 1.54) is 12.5 Å². The van der Waals surface area contributed by atoms with Gasteiger partial charge in [-0.1, -0.05) is 40.0 Å². The molecule has 0 aliphatic heterocycles. The molecule has 0 atom stereocenters. The minimum atomic E-state index is -0.153. The van der Waals surface area contributed by atoms with Gasteiger partial charge in [-0.2, -0.15) is 0 Å². The maximum Gasteiger partial charge on any atom is 0.162 e. The molecular weight excluding hydrogens is 212 g/mol. The predicted octanol–water partition coefficient (Wildman–Crippen LogP) is 4.40. The van der Waals surface area contributed by atoms with Crippen LogP contribution in [0.15, 0.2) is 11.8 Å². The van der Waals surface area contributed by atoms with Gasteiger partial charge in [0, 0.05) is 17.4 Å². The Labute approximate surface area is 105 Å². The van der Waals surface area contributed by atoms with Crippen LogP contribution in [0.2, 0.25) is 0 Å². The first-order chi connectivity index (χ1) is 8.03. The molecule has 0 unspecified atom stereocenters. The normalized spacial score (nSPS) is 20.6. The number of carbonyl (C=O) groups excluding carboxylic acids is 1. The molecule has 17 heavy (non-hydrogen) atoms. The van der Waals surface area contributed by atoms with E-state index < -0.39 is 0 Å². The van der Waals surface area contributed by atoms with Crippen LogP contribution in [0.4, 0.5) is 0 Å². The summed E-state index contributed by atoms with van der Waals surface area (Å²) in [5.41, 5.74) is -0.153. The largest absolute Gasteiger partial charge is 0.512 e. The summed E-state index contributed by atoms with van der Waals surface area (Å²) in [7, 11) is 0. The Morgan fingerprint density at radius 3 is 2.24 bits per heavy atom. The first-order valence-electron chi connectivity index (χ1n) is 6.98. The van der Waals surface area contributed by atoms with Crippen molar-refractivity contribution in [2.45, 2.75) is 65.7 Å². The number of allylic oxidation sites excluding steroid dienone is 2.